The van der Waals surface area contributed by atoms with Crippen LogP contribution in [-0.4, -0.2) is 61.2 Å². The lowest BCUT2D eigenvalue weighted by atomic mass is 9.80. The molecule has 1 spiro atoms. The van der Waals surface area contributed by atoms with Crippen LogP contribution in [0.4, 0.5) is 0 Å². The summed E-state index contributed by atoms with van der Waals surface area (Å²) < 4.78 is 5.88. The molecule has 2 aliphatic heterocycles. The zero-order chi connectivity index (χ0) is 13.8. The summed E-state index contributed by atoms with van der Waals surface area (Å²) in [4.78, 5) is 9.12. The summed E-state index contributed by atoms with van der Waals surface area (Å²) in [6.45, 7) is 7.42. The predicted molar refractivity (Wildman–Crippen MR) is 79.5 cm³/mol. The molecule has 2 saturated heterocycles. The van der Waals surface area contributed by atoms with Gasteiger partial charge >= 0.3 is 0 Å². The SMILES string of the molecule is CN1CCOCC2(CCCN(Cc3ccncc3)C2)C1. The van der Waals surface area contributed by atoms with Crippen molar-refractivity contribution in [1.82, 2.24) is 14.8 Å². The van der Waals surface area contributed by atoms with E-state index in [4.69, 9.17) is 4.74 Å². The van der Waals surface area contributed by atoms with Crippen LogP contribution < -0.4 is 0 Å². The van der Waals surface area contributed by atoms with Gasteiger partial charge < -0.3 is 9.64 Å². The molecule has 3 rings (SSSR count). The number of piperidine rings is 1. The Morgan fingerprint density at radius 2 is 2.10 bits per heavy atom. The molecule has 2 fully saturated rings. The van der Waals surface area contributed by atoms with Crippen LogP contribution in [0.15, 0.2) is 24.5 Å². The molecule has 3 heterocycles. The van der Waals surface area contributed by atoms with Gasteiger partial charge in [-0.15, -0.1) is 0 Å². The number of hydrogen-bond acceptors (Lipinski definition) is 4. The van der Waals surface area contributed by atoms with Crippen LogP contribution in [0, 0.1) is 5.41 Å². The fourth-order valence-electron chi connectivity index (χ4n) is 3.64. The Kier molecular flexibility index (Phi) is 4.34. The van der Waals surface area contributed by atoms with E-state index in [2.05, 4.69) is 34.0 Å². The zero-order valence-electron chi connectivity index (χ0n) is 12.4. The number of aromatic nitrogens is 1. The van der Waals surface area contributed by atoms with Gasteiger partial charge in [0, 0.05) is 44.0 Å². The van der Waals surface area contributed by atoms with E-state index in [0.717, 1.165) is 32.8 Å². The van der Waals surface area contributed by atoms with Gasteiger partial charge in [0.1, 0.15) is 0 Å². The summed E-state index contributed by atoms with van der Waals surface area (Å²) in [5.41, 5.74) is 1.69. The van der Waals surface area contributed by atoms with Gasteiger partial charge in [-0.1, -0.05) is 0 Å². The summed E-state index contributed by atoms with van der Waals surface area (Å²) in [7, 11) is 2.22. The van der Waals surface area contributed by atoms with Crippen molar-refractivity contribution in [1.29, 1.82) is 0 Å². The molecule has 1 atom stereocenters. The standard InChI is InChI=1S/C16H25N3O/c1-18-9-10-20-14-16(12-18)5-2-8-19(13-16)11-15-3-6-17-7-4-15/h3-4,6-7H,2,5,8-14H2,1H3. The van der Waals surface area contributed by atoms with E-state index < -0.39 is 0 Å². The third-order valence-electron chi connectivity index (χ3n) is 4.53. The second kappa shape index (κ2) is 6.20. The molecule has 2 aliphatic rings. The van der Waals surface area contributed by atoms with Gasteiger partial charge in [-0.25, -0.2) is 0 Å². The van der Waals surface area contributed by atoms with Crippen LogP contribution >= 0.6 is 0 Å². The second-order valence-corrected chi connectivity index (χ2v) is 6.46. The minimum absolute atomic E-state index is 0.330. The van der Waals surface area contributed by atoms with Crippen LogP contribution in [0.2, 0.25) is 0 Å². The average Bonchev–Trinajstić information content (AvgIpc) is 2.62. The number of hydrogen-bond donors (Lipinski definition) is 0. The fraction of sp³-hybridized carbons (Fsp3) is 0.688. The lowest BCUT2D eigenvalue weighted by molar-refractivity contribution is 0.00449. The Bertz CT molecular complexity index is 425. The van der Waals surface area contributed by atoms with Gasteiger partial charge in [0.25, 0.3) is 0 Å². The van der Waals surface area contributed by atoms with Crippen molar-refractivity contribution in [3.8, 4) is 0 Å². The molecule has 0 aromatic carbocycles. The van der Waals surface area contributed by atoms with Crippen LogP contribution in [0.25, 0.3) is 0 Å². The molecule has 0 radical (unpaired) electrons. The number of likely N-dealkylation sites (N-methyl/N-ethyl adjacent to an activating group) is 1. The van der Waals surface area contributed by atoms with Gasteiger partial charge in [-0.05, 0) is 44.1 Å². The van der Waals surface area contributed by atoms with Gasteiger partial charge in [0.2, 0.25) is 0 Å². The lowest BCUT2D eigenvalue weighted by Crippen LogP contribution is -2.49. The molecular weight excluding hydrogens is 250 g/mol. The van der Waals surface area contributed by atoms with Gasteiger partial charge in [-0.3, -0.25) is 9.88 Å². The predicted octanol–water partition coefficient (Wildman–Crippen LogP) is 1.63. The maximum Gasteiger partial charge on any atom is 0.0593 e. The highest BCUT2D eigenvalue weighted by atomic mass is 16.5. The summed E-state index contributed by atoms with van der Waals surface area (Å²) in [6.07, 6.45) is 6.35. The number of rotatable bonds is 2. The van der Waals surface area contributed by atoms with Crippen molar-refractivity contribution in [2.75, 3.05) is 46.4 Å². The van der Waals surface area contributed by atoms with E-state index in [9.17, 15) is 0 Å². The zero-order valence-corrected chi connectivity index (χ0v) is 12.4. The average molecular weight is 275 g/mol. The van der Waals surface area contributed by atoms with E-state index in [1.807, 2.05) is 12.4 Å². The van der Waals surface area contributed by atoms with Gasteiger partial charge in [0.15, 0.2) is 0 Å². The number of ether oxygens (including phenoxy) is 1. The molecule has 0 N–H and O–H groups in total. The first kappa shape index (κ1) is 14.0. The molecule has 4 heteroatoms. The number of nitrogens with zero attached hydrogens (tertiary/aromatic N) is 3. The number of likely N-dealkylation sites (tertiary alicyclic amines) is 1. The summed E-state index contributed by atoms with van der Waals surface area (Å²) in [5, 5.41) is 0. The van der Waals surface area contributed by atoms with Crippen molar-refractivity contribution in [2.45, 2.75) is 19.4 Å². The first-order chi connectivity index (χ1) is 9.76. The Balaban J connectivity index is 1.66. The molecule has 1 aromatic heterocycles. The smallest absolute Gasteiger partial charge is 0.0593 e. The van der Waals surface area contributed by atoms with Crippen LogP contribution in [-0.2, 0) is 11.3 Å². The molecular formula is C16H25N3O. The van der Waals surface area contributed by atoms with Crippen LogP contribution in [0.3, 0.4) is 0 Å². The molecule has 20 heavy (non-hydrogen) atoms. The molecule has 1 unspecified atom stereocenters. The molecule has 0 amide bonds. The lowest BCUT2D eigenvalue weighted by Gasteiger charge is -2.43. The highest BCUT2D eigenvalue weighted by Crippen LogP contribution is 2.33. The maximum absolute atomic E-state index is 5.88. The van der Waals surface area contributed by atoms with E-state index in [1.54, 1.807) is 0 Å². The van der Waals surface area contributed by atoms with Gasteiger partial charge in [-0.2, -0.15) is 0 Å². The molecule has 110 valence electrons. The van der Waals surface area contributed by atoms with E-state index in [1.165, 1.54) is 31.5 Å². The third kappa shape index (κ3) is 3.37. The fourth-order valence-corrected chi connectivity index (χ4v) is 3.64. The molecule has 0 aliphatic carbocycles. The number of pyridine rings is 1. The molecule has 1 aromatic rings. The molecule has 4 nitrogen and oxygen atoms in total. The Hall–Kier alpha value is -0.970. The largest absolute Gasteiger partial charge is 0.379 e. The van der Waals surface area contributed by atoms with Crippen molar-refractivity contribution in [2.24, 2.45) is 5.41 Å². The summed E-state index contributed by atoms with van der Waals surface area (Å²) >= 11 is 0. The topological polar surface area (TPSA) is 28.6 Å². The normalized spacial score (nSPS) is 29.4. The van der Waals surface area contributed by atoms with Crippen LogP contribution in [0.1, 0.15) is 18.4 Å². The van der Waals surface area contributed by atoms with Crippen LogP contribution in [0.5, 0.6) is 0 Å². The molecule has 0 saturated carbocycles. The highest BCUT2D eigenvalue weighted by molar-refractivity contribution is 5.09. The van der Waals surface area contributed by atoms with Crippen molar-refractivity contribution >= 4 is 0 Å². The minimum atomic E-state index is 0.330. The minimum Gasteiger partial charge on any atom is -0.379 e. The Morgan fingerprint density at radius 1 is 1.25 bits per heavy atom. The van der Waals surface area contributed by atoms with Crippen molar-refractivity contribution in [3.63, 3.8) is 0 Å². The summed E-state index contributed by atoms with van der Waals surface area (Å²) in [5.74, 6) is 0. The van der Waals surface area contributed by atoms with E-state index in [0.29, 0.717) is 5.41 Å². The third-order valence-corrected chi connectivity index (χ3v) is 4.53. The highest BCUT2D eigenvalue weighted by Gasteiger charge is 2.37. The summed E-state index contributed by atoms with van der Waals surface area (Å²) in [6, 6.07) is 4.24. The molecule has 0 bridgehead atoms. The first-order valence-electron chi connectivity index (χ1n) is 7.63. The Labute approximate surface area is 121 Å². The van der Waals surface area contributed by atoms with Crippen molar-refractivity contribution in [3.05, 3.63) is 30.1 Å². The van der Waals surface area contributed by atoms with Crippen molar-refractivity contribution < 1.29 is 4.74 Å². The van der Waals surface area contributed by atoms with E-state index >= 15 is 0 Å². The Morgan fingerprint density at radius 3 is 2.95 bits per heavy atom. The quantitative estimate of drug-likeness (QED) is 0.820. The first-order valence-corrected chi connectivity index (χ1v) is 7.63. The monoisotopic (exact) mass is 275 g/mol. The second-order valence-electron chi connectivity index (χ2n) is 6.46. The maximum atomic E-state index is 5.88. The van der Waals surface area contributed by atoms with E-state index in [-0.39, 0.29) is 0 Å². The van der Waals surface area contributed by atoms with Gasteiger partial charge in [0.05, 0.1) is 13.2 Å².